The fraction of sp³-hybridized carbons (Fsp3) is 0.455. The lowest BCUT2D eigenvalue weighted by molar-refractivity contribution is -0.00721. The van der Waals surface area contributed by atoms with E-state index in [0.717, 1.165) is 23.4 Å². The van der Waals surface area contributed by atoms with Gasteiger partial charge >= 0.3 is 0 Å². The van der Waals surface area contributed by atoms with Gasteiger partial charge in [0.25, 0.3) is 5.91 Å². The molecule has 0 atom stereocenters. The molecule has 3 nitrogen and oxygen atoms in total. The molecule has 1 heterocycles. The van der Waals surface area contributed by atoms with Crippen LogP contribution in [0.3, 0.4) is 0 Å². The highest BCUT2D eigenvalue weighted by Gasteiger charge is 2.52. The average molecular weight is 436 g/mol. The molecule has 0 saturated heterocycles. The highest BCUT2D eigenvalue weighted by molar-refractivity contribution is 6.44. The zero-order chi connectivity index (χ0) is 19.5. The highest BCUT2D eigenvalue weighted by Crippen LogP contribution is 2.60. The second-order valence-electron chi connectivity index (χ2n) is 8.83. The molecule has 1 amide bonds. The molecule has 28 heavy (non-hydrogen) atoms. The molecule has 4 bridgehead atoms. The van der Waals surface area contributed by atoms with Crippen LogP contribution in [-0.2, 0) is 5.41 Å². The van der Waals surface area contributed by atoms with E-state index in [-0.39, 0.29) is 11.3 Å². The third-order valence-corrected chi connectivity index (χ3v) is 7.90. The molecular weight excluding hydrogens is 415 g/mol. The summed E-state index contributed by atoms with van der Waals surface area (Å²) in [6.07, 6.45) is 9.57. The standard InChI is InChI=1S/C22H21Cl3N2O/c23-16-7-18(25)19(8-17(16)24)27-21(28)15-1-2-26-20(6-15)22-9-12-3-13(10-22)5-14(4-12)11-22/h1-2,6-8,12-14H,3-5,9-11H2,(H,27,28). The Bertz CT molecular complexity index is 924. The number of nitrogens with zero attached hydrogens (tertiary/aromatic N) is 1. The minimum absolute atomic E-state index is 0.159. The van der Waals surface area contributed by atoms with Gasteiger partial charge in [0.05, 0.1) is 20.8 Å². The minimum Gasteiger partial charge on any atom is -0.321 e. The summed E-state index contributed by atoms with van der Waals surface area (Å²) in [7, 11) is 0. The Balaban J connectivity index is 1.42. The van der Waals surface area contributed by atoms with E-state index in [0.29, 0.717) is 26.3 Å². The van der Waals surface area contributed by atoms with Gasteiger partial charge in [-0.3, -0.25) is 9.78 Å². The lowest BCUT2D eigenvalue weighted by Gasteiger charge is -2.56. The number of anilines is 1. The second kappa shape index (κ2) is 6.90. The van der Waals surface area contributed by atoms with Gasteiger partial charge in [-0.2, -0.15) is 0 Å². The first-order chi connectivity index (χ1) is 13.4. The molecule has 146 valence electrons. The molecule has 1 aromatic carbocycles. The SMILES string of the molecule is O=C(Nc1cc(Cl)c(Cl)cc1Cl)c1ccnc(C23CC4CC(CC(C4)C2)C3)c1. The van der Waals surface area contributed by atoms with E-state index < -0.39 is 0 Å². The van der Waals surface area contributed by atoms with Gasteiger partial charge in [-0.25, -0.2) is 0 Å². The lowest BCUT2D eigenvalue weighted by Crippen LogP contribution is -2.49. The zero-order valence-corrected chi connectivity index (χ0v) is 17.6. The molecule has 0 radical (unpaired) electrons. The maximum atomic E-state index is 12.9. The van der Waals surface area contributed by atoms with Crippen LogP contribution >= 0.6 is 34.8 Å². The molecule has 4 fully saturated rings. The second-order valence-corrected chi connectivity index (χ2v) is 10.0. The third-order valence-electron chi connectivity index (χ3n) is 6.86. The number of amides is 1. The summed E-state index contributed by atoms with van der Waals surface area (Å²) in [5.41, 5.74) is 2.29. The highest BCUT2D eigenvalue weighted by atomic mass is 35.5. The topological polar surface area (TPSA) is 42.0 Å². The quantitative estimate of drug-likeness (QED) is 0.541. The number of hydrogen-bond donors (Lipinski definition) is 1. The molecule has 4 saturated carbocycles. The summed E-state index contributed by atoms with van der Waals surface area (Å²) in [5, 5.41) is 3.92. The van der Waals surface area contributed by atoms with Crippen LogP contribution in [0.5, 0.6) is 0 Å². The first-order valence-electron chi connectivity index (χ1n) is 9.84. The summed E-state index contributed by atoms with van der Waals surface area (Å²) in [6, 6.07) is 6.85. The van der Waals surface area contributed by atoms with Crippen LogP contribution in [-0.4, -0.2) is 10.9 Å². The zero-order valence-electron chi connectivity index (χ0n) is 15.4. The van der Waals surface area contributed by atoms with Crippen molar-refractivity contribution in [2.75, 3.05) is 5.32 Å². The molecule has 4 aliphatic carbocycles. The van der Waals surface area contributed by atoms with Gasteiger partial charge in [0, 0.05) is 22.9 Å². The number of benzene rings is 1. The normalized spacial score (nSPS) is 30.5. The van der Waals surface area contributed by atoms with Crippen LogP contribution in [0.15, 0.2) is 30.5 Å². The van der Waals surface area contributed by atoms with E-state index in [1.807, 2.05) is 6.07 Å². The molecule has 0 unspecified atom stereocenters. The Kier molecular flexibility index (Phi) is 4.61. The molecule has 4 aliphatic rings. The van der Waals surface area contributed by atoms with E-state index in [4.69, 9.17) is 39.8 Å². The number of carbonyl (C=O) groups is 1. The van der Waals surface area contributed by atoms with Crippen molar-refractivity contribution >= 4 is 46.4 Å². The van der Waals surface area contributed by atoms with Crippen molar-refractivity contribution < 1.29 is 4.79 Å². The Morgan fingerprint density at radius 2 is 1.54 bits per heavy atom. The van der Waals surface area contributed by atoms with Gasteiger partial charge in [-0.1, -0.05) is 34.8 Å². The minimum atomic E-state index is -0.214. The van der Waals surface area contributed by atoms with Crippen LogP contribution in [0.25, 0.3) is 0 Å². The van der Waals surface area contributed by atoms with Gasteiger partial charge in [0.2, 0.25) is 0 Å². The maximum absolute atomic E-state index is 12.9. The molecule has 6 heteroatoms. The monoisotopic (exact) mass is 434 g/mol. The first kappa shape index (κ1) is 18.7. The van der Waals surface area contributed by atoms with Gasteiger partial charge < -0.3 is 5.32 Å². The predicted molar refractivity (Wildman–Crippen MR) is 114 cm³/mol. The lowest BCUT2D eigenvalue weighted by atomic mass is 9.48. The Labute approximate surface area is 179 Å². The van der Waals surface area contributed by atoms with Crippen molar-refractivity contribution in [3.05, 3.63) is 56.8 Å². The van der Waals surface area contributed by atoms with Crippen molar-refractivity contribution in [1.29, 1.82) is 0 Å². The van der Waals surface area contributed by atoms with E-state index in [1.165, 1.54) is 44.6 Å². The van der Waals surface area contributed by atoms with E-state index in [9.17, 15) is 4.79 Å². The van der Waals surface area contributed by atoms with Crippen LogP contribution < -0.4 is 5.32 Å². The smallest absolute Gasteiger partial charge is 0.255 e. The van der Waals surface area contributed by atoms with E-state index in [2.05, 4.69) is 5.32 Å². The molecular formula is C22H21Cl3N2O. The van der Waals surface area contributed by atoms with Crippen LogP contribution in [0.4, 0.5) is 5.69 Å². The summed E-state index contributed by atoms with van der Waals surface area (Å²) in [6.45, 7) is 0. The Hall–Kier alpha value is -1.29. The molecule has 2 aromatic rings. The molecule has 1 aromatic heterocycles. The maximum Gasteiger partial charge on any atom is 0.255 e. The number of nitrogens with one attached hydrogen (secondary N) is 1. The van der Waals surface area contributed by atoms with Gasteiger partial charge in [-0.15, -0.1) is 0 Å². The third kappa shape index (κ3) is 3.22. The van der Waals surface area contributed by atoms with Crippen molar-refractivity contribution in [1.82, 2.24) is 4.98 Å². The number of rotatable bonds is 3. The summed E-state index contributed by atoms with van der Waals surface area (Å²) in [5.74, 6) is 2.29. The van der Waals surface area contributed by atoms with Crippen molar-refractivity contribution in [3.63, 3.8) is 0 Å². The van der Waals surface area contributed by atoms with Gasteiger partial charge in [-0.05, 0) is 80.5 Å². The van der Waals surface area contributed by atoms with Crippen LogP contribution in [0, 0.1) is 17.8 Å². The number of pyridine rings is 1. The first-order valence-corrected chi connectivity index (χ1v) is 11.0. The predicted octanol–water partition coefficient (Wildman–Crippen LogP) is 6.76. The fourth-order valence-electron chi connectivity index (χ4n) is 6.10. The van der Waals surface area contributed by atoms with Crippen LogP contribution in [0.1, 0.15) is 54.6 Å². The number of aromatic nitrogens is 1. The summed E-state index contributed by atoms with van der Waals surface area (Å²) < 4.78 is 0. The molecule has 6 rings (SSSR count). The summed E-state index contributed by atoms with van der Waals surface area (Å²) in [4.78, 5) is 17.6. The number of hydrogen-bond acceptors (Lipinski definition) is 2. The van der Waals surface area contributed by atoms with Gasteiger partial charge in [0.1, 0.15) is 0 Å². The number of carbonyl (C=O) groups excluding carboxylic acids is 1. The Morgan fingerprint density at radius 1 is 0.929 bits per heavy atom. The average Bonchev–Trinajstić information content (AvgIpc) is 2.65. The van der Waals surface area contributed by atoms with Crippen LogP contribution in [0.2, 0.25) is 15.1 Å². The van der Waals surface area contributed by atoms with E-state index >= 15 is 0 Å². The Morgan fingerprint density at radius 3 is 2.18 bits per heavy atom. The van der Waals surface area contributed by atoms with Gasteiger partial charge in [0.15, 0.2) is 0 Å². The molecule has 0 spiro atoms. The van der Waals surface area contributed by atoms with Crippen molar-refractivity contribution in [2.24, 2.45) is 17.8 Å². The van der Waals surface area contributed by atoms with E-state index in [1.54, 1.807) is 18.3 Å². The largest absolute Gasteiger partial charge is 0.321 e. The number of halogens is 3. The van der Waals surface area contributed by atoms with Crippen molar-refractivity contribution in [2.45, 2.75) is 43.9 Å². The van der Waals surface area contributed by atoms with Crippen molar-refractivity contribution in [3.8, 4) is 0 Å². The molecule has 1 N–H and O–H groups in total. The summed E-state index contributed by atoms with van der Waals surface area (Å²) >= 11 is 18.2. The fourth-order valence-corrected chi connectivity index (χ4v) is 6.69. The molecule has 0 aliphatic heterocycles.